The number of nitrogens with zero attached hydrogens (tertiary/aromatic N) is 2. The molecule has 0 aliphatic heterocycles. The zero-order valence-corrected chi connectivity index (χ0v) is 11.3. The predicted octanol–water partition coefficient (Wildman–Crippen LogP) is 3.07. The van der Waals surface area contributed by atoms with Crippen molar-refractivity contribution in [2.45, 2.75) is 26.3 Å². The van der Waals surface area contributed by atoms with Gasteiger partial charge in [-0.3, -0.25) is 0 Å². The van der Waals surface area contributed by atoms with E-state index in [1.165, 1.54) is 17.8 Å². The van der Waals surface area contributed by atoms with E-state index in [1.54, 1.807) is 12.3 Å². The zero-order chi connectivity index (χ0) is 13.0. The van der Waals surface area contributed by atoms with Crippen LogP contribution in [0.3, 0.4) is 0 Å². The summed E-state index contributed by atoms with van der Waals surface area (Å²) in [6.07, 6.45) is 2.75. The van der Waals surface area contributed by atoms with Crippen LogP contribution in [0, 0.1) is 12.7 Å². The van der Waals surface area contributed by atoms with E-state index in [-0.39, 0.29) is 11.9 Å². The lowest BCUT2D eigenvalue weighted by atomic mass is 10.0. The number of benzene rings is 1. The summed E-state index contributed by atoms with van der Waals surface area (Å²) in [5.74, 6) is -0.212. The Kier molecular flexibility index (Phi) is 4.38. The highest BCUT2D eigenvalue weighted by Gasteiger charge is 2.17. The Morgan fingerprint density at radius 1 is 1.39 bits per heavy atom. The van der Waals surface area contributed by atoms with E-state index in [2.05, 4.69) is 21.0 Å². The van der Waals surface area contributed by atoms with Crippen LogP contribution in [0.5, 0.6) is 0 Å². The van der Waals surface area contributed by atoms with Crippen molar-refractivity contribution in [2.24, 2.45) is 0 Å². The smallest absolute Gasteiger partial charge is 0.123 e. The van der Waals surface area contributed by atoms with Crippen LogP contribution in [0.4, 0.5) is 4.39 Å². The summed E-state index contributed by atoms with van der Waals surface area (Å²) in [5, 5.41) is 3.38. The highest BCUT2D eigenvalue weighted by Crippen LogP contribution is 2.22. The fraction of sp³-hybridized carbons (Fsp3) is 0.385. The number of aryl methyl sites for hydroxylation is 1. The Morgan fingerprint density at radius 2 is 2.22 bits per heavy atom. The summed E-state index contributed by atoms with van der Waals surface area (Å²) >= 11 is 1.17. The highest BCUT2D eigenvalue weighted by molar-refractivity contribution is 6.99. The minimum Gasteiger partial charge on any atom is -0.305 e. The second-order valence-corrected chi connectivity index (χ2v) is 4.84. The van der Waals surface area contributed by atoms with Gasteiger partial charge < -0.3 is 5.32 Å². The third kappa shape index (κ3) is 3.11. The number of halogens is 1. The predicted molar refractivity (Wildman–Crippen MR) is 71.2 cm³/mol. The highest BCUT2D eigenvalue weighted by atomic mass is 32.1. The lowest BCUT2D eigenvalue weighted by Crippen LogP contribution is -2.23. The van der Waals surface area contributed by atoms with Gasteiger partial charge in [0, 0.05) is 0 Å². The average Bonchev–Trinajstić information content (AvgIpc) is 2.82. The molecule has 0 aliphatic rings. The maximum Gasteiger partial charge on any atom is 0.123 e. The van der Waals surface area contributed by atoms with Crippen molar-refractivity contribution in [1.82, 2.24) is 14.1 Å². The Bertz CT molecular complexity index is 479. The normalized spacial score (nSPS) is 12.6. The fourth-order valence-electron chi connectivity index (χ4n) is 1.91. The molecule has 1 heterocycles. The molecule has 0 saturated carbocycles. The molecule has 5 heteroatoms. The minimum absolute atomic E-state index is 0.0851. The number of rotatable bonds is 5. The molecular formula is C13H16FN3S. The topological polar surface area (TPSA) is 37.8 Å². The molecule has 1 N–H and O–H groups in total. The molecule has 0 saturated heterocycles. The molecule has 18 heavy (non-hydrogen) atoms. The maximum atomic E-state index is 13.5. The van der Waals surface area contributed by atoms with Gasteiger partial charge in [-0.1, -0.05) is 13.0 Å². The summed E-state index contributed by atoms with van der Waals surface area (Å²) in [6, 6.07) is 4.98. The average molecular weight is 265 g/mol. The summed E-state index contributed by atoms with van der Waals surface area (Å²) in [6.45, 7) is 4.85. The molecule has 3 nitrogen and oxygen atoms in total. The van der Waals surface area contributed by atoms with Gasteiger partial charge in [-0.05, 0) is 43.1 Å². The third-order valence-electron chi connectivity index (χ3n) is 2.67. The van der Waals surface area contributed by atoms with Crippen LogP contribution in [0.25, 0.3) is 0 Å². The molecule has 1 aromatic carbocycles. The molecule has 0 aliphatic carbocycles. The summed E-state index contributed by atoms with van der Waals surface area (Å²) < 4.78 is 21.8. The summed E-state index contributed by atoms with van der Waals surface area (Å²) in [5.41, 5.74) is 2.66. The first kappa shape index (κ1) is 13.1. The first-order valence-electron chi connectivity index (χ1n) is 5.98. The second kappa shape index (κ2) is 6.02. The molecule has 1 aromatic heterocycles. The van der Waals surface area contributed by atoms with Gasteiger partial charge >= 0.3 is 0 Å². The molecule has 1 atom stereocenters. The first-order chi connectivity index (χ1) is 8.70. The molecule has 0 spiro atoms. The number of hydrogen-bond donors (Lipinski definition) is 1. The van der Waals surface area contributed by atoms with E-state index in [1.807, 2.05) is 13.0 Å². The molecule has 1 unspecified atom stereocenters. The van der Waals surface area contributed by atoms with Crippen LogP contribution in [0.15, 0.2) is 24.4 Å². The van der Waals surface area contributed by atoms with E-state index in [4.69, 9.17) is 0 Å². The van der Waals surface area contributed by atoms with Crippen molar-refractivity contribution in [3.05, 3.63) is 47.0 Å². The van der Waals surface area contributed by atoms with Crippen LogP contribution in [-0.2, 0) is 0 Å². The van der Waals surface area contributed by atoms with Crippen LogP contribution in [0.2, 0.25) is 0 Å². The number of aromatic nitrogens is 2. The van der Waals surface area contributed by atoms with E-state index < -0.39 is 0 Å². The fourth-order valence-corrected chi connectivity index (χ4v) is 2.36. The van der Waals surface area contributed by atoms with Crippen molar-refractivity contribution >= 4 is 11.7 Å². The van der Waals surface area contributed by atoms with Gasteiger partial charge in [0.2, 0.25) is 0 Å². The molecular weight excluding hydrogens is 249 g/mol. The monoisotopic (exact) mass is 265 g/mol. The van der Waals surface area contributed by atoms with Gasteiger partial charge in [0.1, 0.15) is 5.82 Å². The van der Waals surface area contributed by atoms with Crippen molar-refractivity contribution in [1.29, 1.82) is 0 Å². The second-order valence-electron chi connectivity index (χ2n) is 4.28. The van der Waals surface area contributed by atoms with Crippen molar-refractivity contribution in [3.8, 4) is 0 Å². The quantitative estimate of drug-likeness (QED) is 0.902. The molecule has 0 bridgehead atoms. The van der Waals surface area contributed by atoms with Crippen LogP contribution >= 0.6 is 11.7 Å². The van der Waals surface area contributed by atoms with E-state index in [0.717, 1.165) is 29.8 Å². The lowest BCUT2D eigenvalue weighted by Gasteiger charge is -2.17. The van der Waals surface area contributed by atoms with Crippen LogP contribution in [0.1, 0.15) is 36.2 Å². The Hall–Kier alpha value is -1.33. The van der Waals surface area contributed by atoms with Crippen LogP contribution in [-0.4, -0.2) is 15.3 Å². The Balaban J connectivity index is 2.33. The molecule has 96 valence electrons. The van der Waals surface area contributed by atoms with E-state index in [9.17, 15) is 4.39 Å². The van der Waals surface area contributed by atoms with E-state index in [0.29, 0.717) is 0 Å². The van der Waals surface area contributed by atoms with Gasteiger partial charge in [-0.2, -0.15) is 8.75 Å². The Morgan fingerprint density at radius 3 is 2.83 bits per heavy atom. The standard InChI is InChI=1S/C13H16FN3S/c1-3-4-15-13(12-8-16-18-17-12)10-5-9(2)6-11(14)7-10/h5-8,13,15H,3-4H2,1-2H3. The number of nitrogens with one attached hydrogen (secondary N) is 1. The SMILES string of the molecule is CCCNC(c1cc(C)cc(F)c1)c1cnsn1. The summed E-state index contributed by atoms with van der Waals surface area (Å²) in [4.78, 5) is 0. The molecule has 2 aromatic rings. The molecule has 2 rings (SSSR count). The largest absolute Gasteiger partial charge is 0.305 e. The van der Waals surface area contributed by atoms with E-state index >= 15 is 0 Å². The maximum absolute atomic E-state index is 13.5. The first-order valence-corrected chi connectivity index (χ1v) is 6.71. The molecule has 0 amide bonds. The van der Waals surface area contributed by atoms with Gasteiger partial charge in [-0.15, -0.1) is 0 Å². The van der Waals surface area contributed by atoms with Crippen molar-refractivity contribution in [3.63, 3.8) is 0 Å². The van der Waals surface area contributed by atoms with Gasteiger partial charge in [0.15, 0.2) is 0 Å². The van der Waals surface area contributed by atoms with Crippen LogP contribution < -0.4 is 5.32 Å². The van der Waals surface area contributed by atoms with Gasteiger partial charge in [-0.25, -0.2) is 4.39 Å². The van der Waals surface area contributed by atoms with Crippen molar-refractivity contribution in [2.75, 3.05) is 6.54 Å². The lowest BCUT2D eigenvalue weighted by molar-refractivity contribution is 0.578. The summed E-state index contributed by atoms with van der Waals surface area (Å²) in [7, 11) is 0. The molecule has 0 radical (unpaired) electrons. The van der Waals surface area contributed by atoms with Gasteiger partial charge in [0.05, 0.1) is 29.7 Å². The number of hydrogen-bond acceptors (Lipinski definition) is 4. The minimum atomic E-state index is -0.212. The molecule has 0 fully saturated rings. The zero-order valence-electron chi connectivity index (χ0n) is 10.5. The third-order valence-corrected chi connectivity index (χ3v) is 3.16. The van der Waals surface area contributed by atoms with Crippen molar-refractivity contribution < 1.29 is 4.39 Å². The van der Waals surface area contributed by atoms with Gasteiger partial charge in [0.25, 0.3) is 0 Å². The Labute approximate surface area is 110 Å².